The average Bonchev–Trinajstić information content (AvgIpc) is 3.31. The number of nitrogens with zero attached hydrogens (tertiary/aromatic N) is 4. The second-order valence-corrected chi connectivity index (χ2v) is 7.76. The molecule has 1 aliphatic rings. The molecule has 1 aliphatic heterocycles. The highest BCUT2D eigenvalue weighted by atomic mass is 19.4. The Labute approximate surface area is 193 Å². The number of rotatable bonds is 6. The minimum Gasteiger partial charge on any atom is -0.497 e. The first-order valence-corrected chi connectivity index (χ1v) is 10.5. The van der Waals surface area contributed by atoms with Gasteiger partial charge in [0.1, 0.15) is 11.5 Å². The zero-order valence-corrected chi connectivity index (χ0v) is 18.6. The summed E-state index contributed by atoms with van der Waals surface area (Å²) in [6.45, 7) is 2.52. The van der Waals surface area contributed by atoms with Crippen LogP contribution in [0, 0.1) is 0 Å². The van der Waals surface area contributed by atoms with Crippen molar-refractivity contribution in [2.75, 3.05) is 40.4 Å². The Hall–Kier alpha value is -3.60. The highest BCUT2D eigenvalue weighted by Crippen LogP contribution is 2.31. The Bertz CT molecular complexity index is 1130. The van der Waals surface area contributed by atoms with Gasteiger partial charge in [-0.3, -0.25) is 9.69 Å². The first-order chi connectivity index (χ1) is 16.3. The summed E-state index contributed by atoms with van der Waals surface area (Å²) in [5.41, 5.74) is -0.0922. The van der Waals surface area contributed by atoms with E-state index in [-0.39, 0.29) is 17.4 Å². The SMILES string of the molecule is COc1cc(OC)cc(C(=O)N2CCN(Cc3noc(-c4cccc(C(F)(F)F)c4)n3)CC2)c1. The van der Waals surface area contributed by atoms with Gasteiger partial charge in [-0.2, -0.15) is 18.2 Å². The van der Waals surface area contributed by atoms with Crippen LogP contribution in [0.4, 0.5) is 13.2 Å². The van der Waals surface area contributed by atoms with Crippen molar-refractivity contribution in [3.05, 3.63) is 59.4 Å². The second kappa shape index (κ2) is 9.72. The van der Waals surface area contributed by atoms with E-state index in [1.807, 2.05) is 0 Å². The predicted molar refractivity (Wildman–Crippen MR) is 115 cm³/mol. The van der Waals surface area contributed by atoms with Gasteiger partial charge in [0.25, 0.3) is 11.8 Å². The van der Waals surface area contributed by atoms with E-state index in [1.165, 1.54) is 26.4 Å². The minimum atomic E-state index is -4.45. The number of halogens is 3. The van der Waals surface area contributed by atoms with Crippen LogP contribution in [-0.2, 0) is 12.7 Å². The fourth-order valence-electron chi connectivity index (χ4n) is 3.69. The standard InChI is InChI=1S/C23H23F3N4O4/c1-32-18-11-16(12-19(13-18)33-2)22(31)30-8-6-29(7-9-30)14-20-27-21(34-28-20)15-4-3-5-17(10-15)23(24,25)26/h3-5,10-13H,6-9,14H2,1-2H3. The maximum atomic E-state index is 13.0. The number of piperazine rings is 1. The Morgan fingerprint density at radius 3 is 2.32 bits per heavy atom. The number of hydrogen-bond acceptors (Lipinski definition) is 7. The van der Waals surface area contributed by atoms with E-state index in [0.29, 0.717) is 55.6 Å². The third-order valence-corrected chi connectivity index (χ3v) is 5.53. The van der Waals surface area contributed by atoms with Crippen LogP contribution < -0.4 is 9.47 Å². The van der Waals surface area contributed by atoms with Gasteiger partial charge in [0, 0.05) is 43.4 Å². The molecule has 0 spiro atoms. The van der Waals surface area contributed by atoms with E-state index in [1.54, 1.807) is 23.1 Å². The molecule has 4 rings (SSSR count). The smallest absolute Gasteiger partial charge is 0.416 e. The number of hydrogen-bond donors (Lipinski definition) is 0. The molecule has 180 valence electrons. The molecule has 0 N–H and O–H groups in total. The van der Waals surface area contributed by atoms with Crippen LogP contribution >= 0.6 is 0 Å². The van der Waals surface area contributed by atoms with Gasteiger partial charge in [-0.05, 0) is 30.3 Å². The summed E-state index contributed by atoms with van der Waals surface area (Å²) in [7, 11) is 3.05. The van der Waals surface area contributed by atoms with Crippen molar-refractivity contribution >= 4 is 5.91 Å². The average molecular weight is 476 g/mol. The van der Waals surface area contributed by atoms with Gasteiger partial charge in [-0.1, -0.05) is 11.2 Å². The summed E-state index contributed by atoms with van der Waals surface area (Å²) < 4.78 is 54.5. The molecule has 0 aliphatic carbocycles. The summed E-state index contributed by atoms with van der Waals surface area (Å²) >= 11 is 0. The molecule has 8 nitrogen and oxygen atoms in total. The molecule has 0 unspecified atom stereocenters. The number of carbonyl (C=O) groups is 1. The van der Waals surface area contributed by atoms with E-state index < -0.39 is 11.7 Å². The highest BCUT2D eigenvalue weighted by Gasteiger charge is 2.31. The molecule has 1 fully saturated rings. The van der Waals surface area contributed by atoms with E-state index >= 15 is 0 Å². The van der Waals surface area contributed by atoms with Crippen molar-refractivity contribution in [1.82, 2.24) is 19.9 Å². The monoisotopic (exact) mass is 476 g/mol. The maximum Gasteiger partial charge on any atom is 0.416 e. The van der Waals surface area contributed by atoms with Crippen molar-refractivity contribution < 1.29 is 32.0 Å². The van der Waals surface area contributed by atoms with E-state index in [4.69, 9.17) is 14.0 Å². The summed E-state index contributed by atoms with van der Waals surface area (Å²) in [4.78, 5) is 21.0. The van der Waals surface area contributed by atoms with Crippen molar-refractivity contribution in [3.63, 3.8) is 0 Å². The van der Waals surface area contributed by atoms with Gasteiger partial charge in [-0.15, -0.1) is 0 Å². The summed E-state index contributed by atoms with van der Waals surface area (Å²) in [6.07, 6.45) is -4.45. The maximum absolute atomic E-state index is 13.0. The lowest BCUT2D eigenvalue weighted by Gasteiger charge is -2.34. The summed E-state index contributed by atoms with van der Waals surface area (Å²) in [5, 5.41) is 3.90. The van der Waals surface area contributed by atoms with Gasteiger partial charge in [-0.25, -0.2) is 0 Å². The molecule has 3 aromatic rings. The number of ether oxygens (including phenoxy) is 2. The zero-order chi connectivity index (χ0) is 24.3. The number of carbonyl (C=O) groups excluding carboxylic acids is 1. The Morgan fingerprint density at radius 1 is 1.03 bits per heavy atom. The third-order valence-electron chi connectivity index (χ3n) is 5.53. The van der Waals surface area contributed by atoms with Crippen LogP contribution in [0.15, 0.2) is 47.0 Å². The third kappa shape index (κ3) is 5.30. The van der Waals surface area contributed by atoms with Crippen LogP contribution in [0.1, 0.15) is 21.7 Å². The van der Waals surface area contributed by atoms with E-state index in [9.17, 15) is 18.0 Å². The van der Waals surface area contributed by atoms with E-state index in [2.05, 4.69) is 15.0 Å². The van der Waals surface area contributed by atoms with Crippen molar-refractivity contribution in [1.29, 1.82) is 0 Å². The normalized spacial score (nSPS) is 14.8. The molecule has 11 heteroatoms. The molecule has 1 aromatic heterocycles. The molecule has 2 heterocycles. The molecule has 0 radical (unpaired) electrons. The lowest BCUT2D eigenvalue weighted by atomic mass is 10.1. The lowest BCUT2D eigenvalue weighted by Crippen LogP contribution is -2.48. The minimum absolute atomic E-state index is 0.0295. The van der Waals surface area contributed by atoms with Crippen LogP contribution in [0.25, 0.3) is 11.5 Å². The number of methoxy groups -OCH3 is 2. The Morgan fingerprint density at radius 2 is 1.71 bits per heavy atom. The summed E-state index contributed by atoms with van der Waals surface area (Å²) in [5.74, 6) is 1.35. The van der Waals surface area contributed by atoms with Gasteiger partial charge < -0.3 is 18.9 Å². The molecule has 0 bridgehead atoms. The van der Waals surface area contributed by atoms with Crippen LogP contribution in [0.3, 0.4) is 0 Å². The predicted octanol–water partition coefficient (Wildman–Crippen LogP) is 3.73. The number of benzene rings is 2. The van der Waals surface area contributed by atoms with Gasteiger partial charge >= 0.3 is 6.18 Å². The number of alkyl halides is 3. The van der Waals surface area contributed by atoms with Crippen molar-refractivity contribution in [2.24, 2.45) is 0 Å². The fraction of sp³-hybridized carbons (Fsp3) is 0.348. The van der Waals surface area contributed by atoms with Crippen molar-refractivity contribution in [3.8, 4) is 23.0 Å². The molecule has 2 aromatic carbocycles. The lowest BCUT2D eigenvalue weighted by molar-refractivity contribution is -0.137. The second-order valence-electron chi connectivity index (χ2n) is 7.76. The highest BCUT2D eigenvalue weighted by molar-refractivity contribution is 5.95. The molecule has 0 atom stereocenters. The van der Waals surface area contributed by atoms with Crippen LogP contribution in [0.5, 0.6) is 11.5 Å². The Balaban J connectivity index is 1.36. The molecule has 34 heavy (non-hydrogen) atoms. The number of amides is 1. The number of aromatic nitrogens is 2. The molecule has 1 amide bonds. The largest absolute Gasteiger partial charge is 0.497 e. The van der Waals surface area contributed by atoms with Crippen LogP contribution in [-0.4, -0.2) is 66.2 Å². The van der Waals surface area contributed by atoms with Crippen LogP contribution in [0.2, 0.25) is 0 Å². The quantitative estimate of drug-likeness (QED) is 0.536. The molecular formula is C23H23F3N4O4. The van der Waals surface area contributed by atoms with Gasteiger partial charge in [0.15, 0.2) is 5.82 Å². The topological polar surface area (TPSA) is 80.9 Å². The molecule has 0 saturated carbocycles. The fourth-order valence-corrected chi connectivity index (χ4v) is 3.69. The van der Waals surface area contributed by atoms with Gasteiger partial charge in [0.05, 0.1) is 26.3 Å². The van der Waals surface area contributed by atoms with Crippen molar-refractivity contribution in [2.45, 2.75) is 12.7 Å². The van der Waals surface area contributed by atoms with E-state index in [0.717, 1.165) is 12.1 Å². The molecule has 1 saturated heterocycles. The molecular weight excluding hydrogens is 453 g/mol. The zero-order valence-electron chi connectivity index (χ0n) is 18.6. The Kier molecular flexibility index (Phi) is 6.73. The van der Waals surface area contributed by atoms with Gasteiger partial charge in [0.2, 0.25) is 0 Å². The summed E-state index contributed by atoms with van der Waals surface area (Å²) in [6, 6.07) is 9.81. The first-order valence-electron chi connectivity index (χ1n) is 10.5. The first kappa shape index (κ1) is 23.6.